The van der Waals surface area contributed by atoms with Crippen molar-refractivity contribution >= 4 is 9.84 Å². The zero-order valence-electron chi connectivity index (χ0n) is 12.5. The van der Waals surface area contributed by atoms with E-state index in [9.17, 15) is 8.42 Å². The lowest BCUT2D eigenvalue weighted by atomic mass is 9.73. The van der Waals surface area contributed by atoms with E-state index in [0.29, 0.717) is 17.4 Å². The molecule has 1 saturated heterocycles. The highest BCUT2D eigenvalue weighted by molar-refractivity contribution is 7.91. The van der Waals surface area contributed by atoms with Crippen molar-refractivity contribution in [3.05, 3.63) is 0 Å². The summed E-state index contributed by atoms with van der Waals surface area (Å²) in [6, 6.07) is 0. The number of nitrogens with one attached hydrogen (secondary N) is 1. The van der Waals surface area contributed by atoms with Crippen molar-refractivity contribution in [2.45, 2.75) is 59.4 Å². The molecule has 0 aromatic rings. The summed E-state index contributed by atoms with van der Waals surface area (Å²) in [5.74, 6) is 1.08. The molecular weight excluding hydrogens is 246 g/mol. The average molecular weight is 275 g/mol. The van der Waals surface area contributed by atoms with E-state index in [1.807, 2.05) is 0 Å². The van der Waals surface area contributed by atoms with Crippen LogP contribution in [-0.4, -0.2) is 32.0 Å². The van der Waals surface area contributed by atoms with Gasteiger partial charge in [-0.25, -0.2) is 8.42 Å². The van der Waals surface area contributed by atoms with E-state index in [2.05, 4.69) is 39.9 Å². The van der Waals surface area contributed by atoms with E-state index >= 15 is 0 Å². The van der Waals surface area contributed by atoms with Gasteiger partial charge in [-0.3, -0.25) is 0 Å². The van der Waals surface area contributed by atoms with Crippen molar-refractivity contribution < 1.29 is 8.42 Å². The standard InChI is InChI=1S/C14H29NO2S/c1-6-8-14(5,11-15-13(2,3)4)12-7-9-18(16,17)10-12/h12,15H,6-11H2,1-5H3. The fourth-order valence-electron chi connectivity index (χ4n) is 2.82. The maximum atomic E-state index is 11.7. The molecule has 0 aliphatic carbocycles. The molecule has 2 unspecified atom stereocenters. The predicted molar refractivity (Wildman–Crippen MR) is 77.5 cm³/mol. The first-order valence-corrected chi connectivity index (χ1v) is 8.85. The maximum absolute atomic E-state index is 11.7. The lowest BCUT2D eigenvalue weighted by Gasteiger charge is -2.38. The normalized spacial score (nSPS) is 27.1. The minimum absolute atomic E-state index is 0.0898. The van der Waals surface area contributed by atoms with Gasteiger partial charge < -0.3 is 5.32 Å². The van der Waals surface area contributed by atoms with E-state index in [4.69, 9.17) is 0 Å². The summed E-state index contributed by atoms with van der Waals surface area (Å²) in [4.78, 5) is 0. The molecule has 1 fully saturated rings. The van der Waals surface area contributed by atoms with Gasteiger partial charge in [0.2, 0.25) is 0 Å². The minimum Gasteiger partial charge on any atom is -0.312 e. The first-order valence-electron chi connectivity index (χ1n) is 7.03. The predicted octanol–water partition coefficient (Wildman–Crippen LogP) is 2.62. The second-order valence-corrected chi connectivity index (χ2v) is 9.34. The maximum Gasteiger partial charge on any atom is 0.150 e. The fraction of sp³-hybridized carbons (Fsp3) is 1.00. The molecule has 0 radical (unpaired) electrons. The average Bonchev–Trinajstić information content (AvgIpc) is 2.56. The minimum atomic E-state index is -2.78. The Bertz CT molecular complexity index is 370. The molecule has 2 atom stereocenters. The van der Waals surface area contributed by atoms with Crippen LogP contribution in [0.2, 0.25) is 0 Å². The zero-order valence-corrected chi connectivity index (χ0v) is 13.4. The second kappa shape index (κ2) is 5.49. The first-order chi connectivity index (χ1) is 8.08. The van der Waals surface area contributed by atoms with Gasteiger partial charge >= 0.3 is 0 Å². The molecule has 1 aliphatic rings. The van der Waals surface area contributed by atoms with Crippen molar-refractivity contribution in [1.29, 1.82) is 0 Å². The van der Waals surface area contributed by atoms with Gasteiger partial charge in [0.25, 0.3) is 0 Å². The monoisotopic (exact) mass is 275 g/mol. The topological polar surface area (TPSA) is 46.2 Å². The molecule has 18 heavy (non-hydrogen) atoms. The van der Waals surface area contributed by atoms with E-state index in [1.165, 1.54) is 0 Å². The number of hydrogen-bond donors (Lipinski definition) is 1. The Morgan fingerprint density at radius 3 is 2.22 bits per heavy atom. The first kappa shape index (κ1) is 16.0. The van der Waals surface area contributed by atoms with Gasteiger partial charge in [0.05, 0.1) is 11.5 Å². The molecule has 4 heteroatoms. The van der Waals surface area contributed by atoms with Crippen LogP contribution >= 0.6 is 0 Å². The third-order valence-corrected chi connectivity index (χ3v) is 5.83. The molecule has 0 bridgehead atoms. The van der Waals surface area contributed by atoms with Crippen LogP contribution < -0.4 is 5.32 Å². The van der Waals surface area contributed by atoms with E-state index in [-0.39, 0.29) is 11.0 Å². The van der Waals surface area contributed by atoms with Gasteiger partial charge in [-0.1, -0.05) is 20.3 Å². The SMILES string of the molecule is CCCC(C)(CNC(C)(C)C)C1CCS(=O)(=O)C1. The molecule has 0 spiro atoms. The molecule has 1 rings (SSSR count). The summed E-state index contributed by atoms with van der Waals surface area (Å²) in [5, 5.41) is 3.56. The zero-order chi connectivity index (χ0) is 14.0. The van der Waals surface area contributed by atoms with Gasteiger partial charge in [-0.2, -0.15) is 0 Å². The van der Waals surface area contributed by atoms with Crippen LogP contribution in [-0.2, 0) is 9.84 Å². The number of hydrogen-bond acceptors (Lipinski definition) is 3. The van der Waals surface area contributed by atoms with Crippen LogP contribution in [0.4, 0.5) is 0 Å². The van der Waals surface area contributed by atoms with Crippen LogP contribution in [0.5, 0.6) is 0 Å². The molecule has 1 heterocycles. The summed E-state index contributed by atoms with van der Waals surface area (Å²) in [6.07, 6.45) is 3.04. The highest BCUT2D eigenvalue weighted by Gasteiger charge is 2.41. The van der Waals surface area contributed by atoms with Gasteiger partial charge in [-0.05, 0) is 44.9 Å². The van der Waals surface area contributed by atoms with Crippen LogP contribution in [0, 0.1) is 11.3 Å². The largest absolute Gasteiger partial charge is 0.312 e. The van der Waals surface area contributed by atoms with Crippen molar-refractivity contribution in [1.82, 2.24) is 5.32 Å². The highest BCUT2D eigenvalue weighted by atomic mass is 32.2. The molecule has 108 valence electrons. The molecule has 1 N–H and O–H groups in total. The number of sulfone groups is 1. The molecule has 0 saturated carbocycles. The lowest BCUT2D eigenvalue weighted by molar-refractivity contribution is 0.163. The van der Waals surface area contributed by atoms with E-state index in [1.54, 1.807) is 0 Å². The Kier molecular flexibility index (Phi) is 4.87. The summed E-state index contributed by atoms with van der Waals surface area (Å²) in [6.45, 7) is 11.8. The van der Waals surface area contributed by atoms with Crippen molar-refractivity contribution in [3.63, 3.8) is 0 Å². The molecule has 0 amide bonds. The van der Waals surface area contributed by atoms with Crippen LogP contribution in [0.15, 0.2) is 0 Å². The summed E-state index contributed by atoms with van der Waals surface area (Å²) < 4.78 is 23.3. The van der Waals surface area contributed by atoms with Crippen molar-refractivity contribution in [2.75, 3.05) is 18.1 Å². The van der Waals surface area contributed by atoms with E-state index in [0.717, 1.165) is 25.8 Å². The van der Waals surface area contributed by atoms with Crippen LogP contribution in [0.25, 0.3) is 0 Å². The van der Waals surface area contributed by atoms with E-state index < -0.39 is 9.84 Å². The van der Waals surface area contributed by atoms with Crippen molar-refractivity contribution in [2.24, 2.45) is 11.3 Å². The Balaban J connectivity index is 2.74. The molecule has 0 aromatic heterocycles. The third-order valence-electron chi connectivity index (χ3n) is 4.06. The summed E-state index contributed by atoms with van der Waals surface area (Å²) in [7, 11) is -2.78. The highest BCUT2D eigenvalue weighted by Crippen LogP contribution is 2.39. The Labute approximate surface area is 113 Å². The van der Waals surface area contributed by atoms with Gasteiger partial charge in [-0.15, -0.1) is 0 Å². The summed E-state index contributed by atoms with van der Waals surface area (Å²) >= 11 is 0. The molecular formula is C14H29NO2S. The third kappa shape index (κ3) is 4.54. The fourth-order valence-corrected chi connectivity index (χ4v) is 4.81. The van der Waals surface area contributed by atoms with Gasteiger partial charge in [0.15, 0.2) is 9.84 Å². The van der Waals surface area contributed by atoms with Crippen LogP contribution in [0.1, 0.15) is 53.9 Å². The smallest absolute Gasteiger partial charge is 0.150 e. The molecule has 0 aromatic carbocycles. The summed E-state index contributed by atoms with van der Waals surface area (Å²) in [5.41, 5.74) is 0.193. The van der Waals surface area contributed by atoms with Gasteiger partial charge in [0.1, 0.15) is 0 Å². The molecule has 3 nitrogen and oxygen atoms in total. The molecule has 1 aliphatic heterocycles. The second-order valence-electron chi connectivity index (χ2n) is 7.11. The quantitative estimate of drug-likeness (QED) is 0.839. The van der Waals surface area contributed by atoms with Crippen molar-refractivity contribution in [3.8, 4) is 0 Å². The Morgan fingerprint density at radius 2 is 1.83 bits per heavy atom. The number of rotatable bonds is 5. The lowest BCUT2D eigenvalue weighted by Crippen LogP contribution is -2.46. The Hall–Kier alpha value is -0.0900. The van der Waals surface area contributed by atoms with Crippen LogP contribution in [0.3, 0.4) is 0 Å². The van der Waals surface area contributed by atoms with Gasteiger partial charge in [0, 0.05) is 12.1 Å². The Morgan fingerprint density at radius 1 is 1.22 bits per heavy atom.